The molecule has 2 aromatic rings. The summed E-state index contributed by atoms with van der Waals surface area (Å²) >= 11 is 1.62. The van der Waals surface area contributed by atoms with Gasteiger partial charge in [-0.1, -0.05) is 12.8 Å². The minimum atomic E-state index is -3.95. The van der Waals surface area contributed by atoms with Crippen molar-refractivity contribution in [2.45, 2.75) is 61.3 Å². The van der Waals surface area contributed by atoms with Crippen LogP contribution in [0.3, 0.4) is 0 Å². The summed E-state index contributed by atoms with van der Waals surface area (Å²) in [6, 6.07) is 10.3. The molecule has 0 amide bonds. The van der Waals surface area contributed by atoms with Gasteiger partial charge in [-0.2, -0.15) is 0 Å². The zero-order valence-corrected chi connectivity index (χ0v) is 22.8. The van der Waals surface area contributed by atoms with Crippen LogP contribution in [-0.4, -0.2) is 53.6 Å². The van der Waals surface area contributed by atoms with Crippen molar-refractivity contribution in [1.29, 1.82) is 0 Å². The van der Waals surface area contributed by atoms with Gasteiger partial charge >= 0.3 is 5.97 Å². The first-order valence-electron chi connectivity index (χ1n) is 12.5. The number of esters is 1. The molecule has 2 aliphatic rings. The van der Waals surface area contributed by atoms with Gasteiger partial charge in [-0.15, -0.1) is 11.8 Å². The Morgan fingerprint density at radius 1 is 1.08 bits per heavy atom. The van der Waals surface area contributed by atoms with Gasteiger partial charge in [0.2, 0.25) is 0 Å². The molecule has 0 N–H and O–H groups in total. The number of rotatable bonds is 9. The minimum Gasteiger partial charge on any atom is -0.492 e. The van der Waals surface area contributed by atoms with E-state index < -0.39 is 16.0 Å². The first-order chi connectivity index (χ1) is 17.3. The average Bonchev–Trinajstić information content (AvgIpc) is 3.42. The quantitative estimate of drug-likeness (QED) is 0.313. The van der Waals surface area contributed by atoms with Crippen LogP contribution in [0.4, 0.5) is 5.69 Å². The van der Waals surface area contributed by atoms with Crippen LogP contribution in [0.15, 0.2) is 46.2 Å². The molecule has 1 aliphatic carbocycles. The number of carbonyl (C=O) groups excluding carboxylic acids is 1. The lowest BCUT2D eigenvalue weighted by atomic mass is 10.0. The first kappa shape index (κ1) is 26.8. The molecule has 0 spiro atoms. The van der Waals surface area contributed by atoms with Crippen LogP contribution in [0.25, 0.3) is 0 Å². The maximum Gasteiger partial charge on any atom is 0.341 e. The Balaban J connectivity index is 1.70. The third kappa shape index (κ3) is 5.84. The number of ether oxygens (including phenoxy) is 3. The van der Waals surface area contributed by atoms with Crippen molar-refractivity contribution in [2.24, 2.45) is 5.92 Å². The molecule has 1 saturated carbocycles. The van der Waals surface area contributed by atoms with Crippen molar-refractivity contribution < 1.29 is 27.4 Å². The molecular formula is C27H35NO6S2. The highest BCUT2D eigenvalue weighted by molar-refractivity contribution is 7.98. The second kappa shape index (κ2) is 11.9. The van der Waals surface area contributed by atoms with Crippen LogP contribution in [0.2, 0.25) is 0 Å². The fourth-order valence-corrected chi connectivity index (χ4v) is 7.26. The molecule has 2 fully saturated rings. The number of sulfonamides is 1. The number of benzene rings is 2. The topological polar surface area (TPSA) is 82.1 Å². The van der Waals surface area contributed by atoms with Gasteiger partial charge in [-0.05, 0) is 86.7 Å². The molecule has 0 unspecified atom stereocenters. The van der Waals surface area contributed by atoms with E-state index in [0.717, 1.165) is 49.0 Å². The average molecular weight is 534 g/mol. The summed E-state index contributed by atoms with van der Waals surface area (Å²) in [7, 11) is -2.66. The maximum absolute atomic E-state index is 14.1. The smallest absolute Gasteiger partial charge is 0.341 e. The van der Waals surface area contributed by atoms with E-state index in [1.807, 2.05) is 31.4 Å². The fraction of sp³-hybridized carbons (Fsp3) is 0.519. The summed E-state index contributed by atoms with van der Waals surface area (Å²) in [6.45, 7) is 3.78. The van der Waals surface area contributed by atoms with Gasteiger partial charge in [-0.3, -0.25) is 4.31 Å². The molecule has 2 aromatic carbocycles. The number of hydrogen-bond donors (Lipinski definition) is 0. The summed E-state index contributed by atoms with van der Waals surface area (Å²) in [5.41, 5.74) is 1.70. The normalized spacial score (nSPS) is 17.2. The van der Waals surface area contributed by atoms with Crippen LogP contribution in [-0.2, 0) is 19.5 Å². The van der Waals surface area contributed by atoms with Crippen molar-refractivity contribution in [3.63, 3.8) is 0 Å². The predicted octanol–water partition coefficient (Wildman–Crippen LogP) is 5.45. The van der Waals surface area contributed by atoms with E-state index >= 15 is 0 Å². The number of methoxy groups -OCH3 is 1. The third-order valence-corrected chi connectivity index (χ3v) is 9.61. The molecule has 1 aliphatic heterocycles. The Morgan fingerprint density at radius 2 is 1.81 bits per heavy atom. The number of hydrogen-bond acceptors (Lipinski definition) is 7. The van der Waals surface area contributed by atoms with Crippen molar-refractivity contribution in [3.8, 4) is 5.75 Å². The second-order valence-electron chi connectivity index (χ2n) is 9.41. The monoisotopic (exact) mass is 533 g/mol. The van der Waals surface area contributed by atoms with E-state index in [9.17, 15) is 13.2 Å². The highest BCUT2D eigenvalue weighted by Crippen LogP contribution is 2.37. The number of thioether (sulfide) groups is 1. The number of carbonyl (C=O) groups is 1. The Hall–Kier alpha value is -2.23. The first-order valence-corrected chi connectivity index (χ1v) is 15.1. The van der Waals surface area contributed by atoms with Crippen molar-refractivity contribution >= 4 is 33.4 Å². The van der Waals surface area contributed by atoms with Gasteiger partial charge in [0, 0.05) is 24.2 Å². The molecule has 196 valence electrons. The molecule has 1 heterocycles. The molecule has 0 aromatic heterocycles. The van der Waals surface area contributed by atoms with Crippen LogP contribution in [0.5, 0.6) is 5.75 Å². The van der Waals surface area contributed by atoms with Gasteiger partial charge in [0.15, 0.2) is 0 Å². The Kier molecular flexibility index (Phi) is 8.85. The van der Waals surface area contributed by atoms with E-state index in [1.165, 1.54) is 19.2 Å². The molecule has 1 saturated heterocycles. The Morgan fingerprint density at radius 3 is 2.44 bits per heavy atom. The van der Waals surface area contributed by atoms with Crippen LogP contribution < -0.4 is 9.04 Å². The van der Waals surface area contributed by atoms with Crippen molar-refractivity contribution in [3.05, 3.63) is 47.5 Å². The largest absolute Gasteiger partial charge is 0.492 e. The van der Waals surface area contributed by atoms with Gasteiger partial charge in [0.1, 0.15) is 11.3 Å². The van der Waals surface area contributed by atoms with Gasteiger partial charge in [0.05, 0.1) is 24.3 Å². The number of nitrogens with zero attached hydrogens (tertiary/aromatic N) is 1. The lowest BCUT2D eigenvalue weighted by Crippen LogP contribution is -2.39. The van der Waals surface area contributed by atoms with Crippen LogP contribution in [0, 0.1) is 12.8 Å². The molecule has 0 atom stereocenters. The van der Waals surface area contributed by atoms with Gasteiger partial charge in [0.25, 0.3) is 10.0 Å². The molecule has 7 nitrogen and oxygen atoms in total. The lowest BCUT2D eigenvalue weighted by Gasteiger charge is -2.32. The maximum atomic E-state index is 14.1. The summed E-state index contributed by atoms with van der Waals surface area (Å²) in [5, 5.41) is 0. The second-order valence-corrected chi connectivity index (χ2v) is 12.1. The molecule has 0 radical (unpaired) electrons. The van der Waals surface area contributed by atoms with Gasteiger partial charge in [-0.25, -0.2) is 13.2 Å². The van der Waals surface area contributed by atoms with E-state index in [1.54, 1.807) is 22.1 Å². The molecule has 36 heavy (non-hydrogen) atoms. The van der Waals surface area contributed by atoms with E-state index in [2.05, 4.69) is 0 Å². The summed E-state index contributed by atoms with van der Waals surface area (Å²) in [5.74, 6) is 0.0416. The third-order valence-electron chi connectivity index (χ3n) is 7.03. The number of anilines is 1. The standard InChI is InChI=1S/C27H35NO6S2/c1-19-16-22(35-3)8-10-25(19)28(21-6-4-5-7-21)36(30,31)23-9-11-26(24(17-23)27(29)32-2)34-18-20-12-14-33-15-13-20/h8-11,16-17,20-21H,4-7,12-15,18H2,1-3H3. The summed E-state index contributed by atoms with van der Waals surface area (Å²) < 4.78 is 46.2. The Bertz CT molecular complexity index is 1170. The fourth-order valence-electron chi connectivity index (χ4n) is 4.96. The summed E-state index contributed by atoms with van der Waals surface area (Å²) in [6.07, 6.45) is 7.38. The van der Waals surface area contributed by atoms with Crippen molar-refractivity contribution in [2.75, 3.05) is 37.5 Å². The molecule has 4 rings (SSSR count). The van der Waals surface area contributed by atoms with Crippen molar-refractivity contribution in [1.82, 2.24) is 0 Å². The zero-order chi connectivity index (χ0) is 25.7. The zero-order valence-electron chi connectivity index (χ0n) is 21.2. The highest BCUT2D eigenvalue weighted by atomic mass is 32.2. The molecule has 9 heteroatoms. The van der Waals surface area contributed by atoms with E-state index in [0.29, 0.717) is 37.2 Å². The Labute approximate surface area is 218 Å². The summed E-state index contributed by atoms with van der Waals surface area (Å²) in [4.78, 5) is 13.8. The predicted molar refractivity (Wildman–Crippen MR) is 142 cm³/mol. The molecule has 0 bridgehead atoms. The minimum absolute atomic E-state index is 0.0570. The lowest BCUT2D eigenvalue weighted by molar-refractivity contribution is 0.0483. The van der Waals surface area contributed by atoms with E-state index in [4.69, 9.17) is 14.2 Å². The van der Waals surface area contributed by atoms with Gasteiger partial charge < -0.3 is 14.2 Å². The van der Waals surface area contributed by atoms with Crippen LogP contribution >= 0.6 is 11.8 Å². The molecular weight excluding hydrogens is 498 g/mol. The highest BCUT2D eigenvalue weighted by Gasteiger charge is 2.35. The SMILES string of the molecule is COC(=O)c1cc(S(=O)(=O)N(c2ccc(SC)cc2C)C2CCCC2)ccc1OCC1CCOCC1. The van der Waals surface area contributed by atoms with E-state index in [-0.39, 0.29) is 16.5 Å². The number of aryl methyl sites for hydroxylation is 1. The van der Waals surface area contributed by atoms with Crippen LogP contribution in [0.1, 0.15) is 54.4 Å².